The molecule has 1 atom stereocenters. The highest BCUT2D eigenvalue weighted by Crippen LogP contribution is 2.27. The van der Waals surface area contributed by atoms with Crippen molar-refractivity contribution in [1.29, 1.82) is 0 Å². The van der Waals surface area contributed by atoms with Crippen LogP contribution in [0.2, 0.25) is 0 Å². The molecule has 1 unspecified atom stereocenters. The maximum Gasteiger partial charge on any atom is 0.129 e. The maximum atomic E-state index is 4.60. The first-order valence-corrected chi connectivity index (χ1v) is 25.3. The molecule has 0 amide bonds. The van der Waals surface area contributed by atoms with Crippen molar-refractivity contribution in [3.8, 4) is 0 Å². The fourth-order valence-electron chi connectivity index (χ4n) is 6.68. The van der Waals surface area contributed by atoms with Crippen LogP contribution < -0.4 is 10.6 Å². The Morgan fingerprint density at radius 1 is 0.556 bits per heavy atom. The van der Waals surface area contributed by atoms with E-state index in [1.807, 2.05) is 98.1 Å². The summed E-state index contributed by atoms with van der Waals surface area (Å²) in [5.41, 5.74) is 9.19. The zero-order valence-corrected chi connectivity index (χ0v) is 44.1. The number of aliphatic imine (C=N–C) groups is 1. The number of benzene rings is 1. The summed E-state index contributed by atoms with van der Waals surface area (Å²) in [6.07, 6.45) is 14.8. The molecule has 6 heteroatoms. The number of para-hydroxylation sites is 1. The van der Waals surface area contributed by atoms with E-state index in [-0.39, 0.29) is 0 Å². The van der Waals surface area contributed by atoms with Gasteiger partial charge in [-0.2, -0.15) is 0 Å². The predicted molar refractivity (Wildman–Crippen MR) is 284 cm³/mol. The van der Waals surface area contributed by atoms with E-state index in [4.69, 9.17) is 0 Å². The van der Waals surface area contributed by atoms with Crippen molar-refractivity contribution in [3.63, 3.8) is 0 Å². The summed E-state index contributed by atoms with van der Waals surface area (Å²) in [4.78, 5) is 17.5. The second-order valence-electron chi connectivity index (χ2n) is 17.0. The summed E-state index contributed by atoms with van der Waals surface area (Å²) in [5, 5.41) is 6.94. The molecule has 0 bridgehead atoms. The molecule has 0 radical (unpaired) electrons. The molecule has 6 nitrogen and oxygen atoms in total. The van der Waals surface area contributed by atoms with E-state index >= 15 is 0 Å². The molecule has 3 aromatic heterocycles. The van der Waals surface area contributed by atoms with Gasteiger partial charge in [0, 0.05) is 60.0 Å². The van der Waals surface area contributed by atoms with Crippen LogP contribution in [0.25, 0.3) is 0 Å². The summed E-state index contributed by atoms with van der Waals surface area (Å²) in [7, 11) is 0. The molecule has 7 rings (SSSR count). The number of nitrogens with one attached hydrogen (secondary N) is 2. The molecule has 2 N–H and O–H groups in total. The molecule has 0 fully saturated rings. The van der Waals surface area contributed by atoms with E-state index < -0.39 is 0 Å². The molecule has 1 aromatic carbocycles. The Balaban J connectivity index is 0. The van der Waals surface area contributed by atoms with Gasteiger partial charge in [0.15, 0.2) is 0 Å². The van der Waals surface area contributed by atoms with E-state index in [0.29, 0.717) is 23.8 Å². The van der Waals surface area contributed by atoms with Crippen LogP contribution in [0.4, 0.5) is 11.5 Å². The molecule has 0 saturated heterocycles. The number of hydrogen-bond acceptors (Lipinski definition) is 6. The minimum Gasteiger partial charge on any atom is -0.382 e. The van der Waals surface area contributed by atoms with Crippen LogP contribution in [0.5, 0.6) is 0 Å². The van der Waals surface area contributed by atoms with Gasteiger partial charge in [-0.25, -0.2) is 4.98 Å². The molecular weight excluding hydrogens is 769 g/mol. The van der Waals surface area contributed by atoms with Crippen molar-refractivity contribution in [2.24, 2.45) is 22.7 Å². The van der Waals surface area contributed by atoms with E-state index in [2.05, 4.69) is 142 Å². The average molecular weight is 867 g/mol. The minimum absolute atomic E-state index is 0.522. The Morgan fingerprint density at radius 2 is 1.16 bits per heavy atom. The molecule has 3 aliphatic rings. The van der Waals surface area contributed by atoms with Crippen LogP contribution >= 0.6 is 0 Å². The van der Waals surface area contributed by atoms with Gasteiger partial charge in [-0.05, 0) is 135 Å². The van der Waals surface area contributed by atoms with Gasteiger partial charge in [0.1, 0.15) is 5.82 Å². The molecule has 356 valence electrons. The van der Waals surface area contributed by atoms with Crippen molar-refractivity contribution in [1.82, 2.24) is 15.0 Å². The summed E-state index contributed by atoms with van der Waals surface area (Å²) in [6.45, 7) is 40.3. The van der Waals surface area contributed by atoms with Crippen molar-refractivity contribution in [2.45, 2.75) is 200 Å². The highest BCUT2D eigenvalue weighted by molar-refractivity contribution is 5.85. The number of rotatable bonds is 7. The number of pyridine rings is 3. The fraction of sp³-hybridized carbons (Fsp3) is 0.614. The second kappa shape index (κ2) is 39.5. The van der Waals surface area contributed by atoms with Gasteiger partial charge in [0.05, 0.1) is 0 Å². The van der Waals surface area contributed by atoms with Gasteiger partial charge in [-0.1, -0.05) is 161 Å². The molecule has 63 heavy (non-hydrogen) atoms. The third-order valence-corrected chi connectivity index (χ3v) is 9.87. The van der Waals surface area contributed by atoms with Crippen LogP contribution in [0, 0.1) is 17.8 Å². The van der Waals surface area contributed by atoms with Crippen LogP contribution in [0.1, 0.15) is 203 Å². The lowest BCUT2D eigenvalue weighted by molar-refractivity contribution is 0.483. The SMILES string of the molecule is CC.CC.CC.CC.CC(C)C1CCc2ccccc2N1.CC(C)CC1=NCCCC1.CC(C)Cc1ccccn1.CC(C)c1ccc2c(n1)NCCC2.CC(C)c1ccccn1. The standard InChI is InChI=1S/C12H17N.C11H16N2.C9H17N.C9H13N.C8H11N.4C2H6/c1-9(2)11-8-7-10-5-3-4-6-12(10)13-11;1-8(2)10-6-5-9-4-3-7-12-11(9)13-10;2*1-8(2)7-9-5-3-4-6-10-9;1-7(2)8-5-3-4-6-9-8;4*1-2/h3-6,9,11,13H,7-8H2,1-2H3;5-6,8H,3-4,7H2,1-2H3,(H,12,13);8H,3-7H2,1-2H3;3-6,8H,7H2,1-2H3;3-7H,1-2H3;4*1-2H3. The van der Waals surface area contributed by atoms with Gasteiger partial charge in [0.25, 0.3) is 0 Å². The second-order valence-corrected chi connectivity index (χ2v) is 17.0. The Labute approximate surface area is 390 Å². The van der Waals surface area contributed by atoms with E-state index in [0.717, 1.165) is 42.9 Å². The Morgan fingerprint density at radius 3 is 1.67 bits per heavy atom. The van der Waals surface area contributed by atoms with Gasteiger partial charge >= 0.3 is 0 Å². The zero-order valence-electron chi connectivity index (χ0n) is 44.1. The third-order valence-electron chi connectivity index (χ3n) is 9.87. The van der Waals surface area contributed by atoms with Crippen molar-refractivity contribution < 1.29 is 0 Å². The highest BCUT2D eigenvalue weighted by atomic mass is 15.0. The van der Waals surface area contributed by atoms with Crippen molar-refractivity contribution >= 4 is 17.2 Å². The first-order chi connectivity index (χ1) is 30.4. The topological polar surface area (TPSA) is 75.1 Å². The first-order valence-electron chi connectivity index (χ1n) is 25.3. The van der Waals surface area contributed by atoms with E-state index in [1.54, 1.807) is 0 Å². The van der Waals surface area contributed by atoms with E-state index in [9.17, 15) is 0 Å². The lowest BCUT2D eigenvalue weighted by atomic mass is 9.92. The van der Waals surface area contributed by atoms with E-state index in [1.165, 1.54) is 85.3 Å². The molecule has 0 aliphatic carbocycles. The number of hydrogen-bond donors (Lipinski definition) is 2. The highest BCUT2D eigenvalue weighted by Gasteiger charge is 2.19. The summed E-state index contributed by atoms with van der Waals surface area (Å²) in [5.74, 6) is 4.40. The normalized spacial score (nSPS) is 14.0. The number of anilines is 2. The van der Waals surface area contributed by atoms with Crippen LogP contribution in [-0.4, -0.2) is 39.8 Å². The molecule has 3 aliphatic heterocycles. The molecule has 4 aromatic rings. The maximum absolute atomic E-state index is 4.60. The monoisotopic (exact) mass is 867 g/mol. The molecule has 6 heterocycles. The van der Waals surface area contributed by atoms with Gasteiger partial charge < -0.3 is 10.6 Å². The van der Waals surface area contributed by atoms with Crippen LogP contribution in [0.15, 0.2) is 90.2 Å². The Bertz CT molecular complexity index is 1630. The van der Waals surface area contributed by atoms with Crippen LogP contribution in [-0.2, 0) is 19.3 Å². The van der Waals surface area contributed by atoms with Gasteiger partial charge in [0.2, 0.25) is 0 Å². The fourth-order valence-corrected chi connectivity index (χ4v) is 6.68. The molecule has 0 spiro atoms. The number of aromatic nitrogens is 3. The van der Waals surface area contributed by atoms with Crippen LogP contribution in [0.3, 0.4) is 0 Å². The summed E-state index contributed by atoms with van der Waals surface area (Å²) >= 11 is 0. The van der Waals surface area contributed by atoms with Crippen molar-refractivity contribution in [3.05, 3.63) is 113 Å². The Kier molecular flexibility index (Phi) is 38.3. The zero-order chi connectivity index (χ0) is 48.0. The lowest BCUT2D eigenvalue weighted by Gasteiger charge is -2.29. The number of aryl methyl sites for hydroxylation is 2. The third kappa shape index (κ3) is 28.4. The number of fused-ring (bicyclic) bond motifs is 2. The van der Waals surface area contributed by atoms with Crippen molar-refractivity contribution in [2.75, 3.05) is 23.7 Å². The average Bonchev–Trinajstić information content (AvgIpc) is 3.32. The predicted octanol–water partition coefficient (Wildman–Crippen LogP) is 16.9. The van der Waals surface area contributed by atoms with Gasteiger partial charge in [-0.3, -0.25) is 15.0 Å². The largest absolute Gasteiger partial charge is 0.382 e. The first kappa shape index (κ1) is 61.0. The van der Waals surface area contributed by atoms with Gasteiger partial charge in [-0.15, -0.1) is 0 Å². The quantitative estimate of drug-likeness (QED) is 0.194. The number of nitrogens with zero attached hydrogens (tertiary/aromatic N) is 4. The smallest absolute Gasteiger partial charge is 0.129 e. The Hall–Kier alpha value is -4.06. The lowest BCUT2D eigenvalue weighted by Crippen LogP contribution is -2.30. The molecule has 0 saturated carbocycles. The minimum atomic E-state index is 0.522. The summed E-state index contributed by atoms with van der Waals surface area (Å²) in [6, 6.07) is 25.7. The summed E-state index contributed by atoms with van der Waals surface area (Å²) < 4.78 is 0. The molecular formula is C57H98N6.